The predicted molar refractivity (Wildman–Crippen MR) is 75.1 cm³/mol. The van der Waals surface area contributed by atoms with Crippen molar-refractivity contribution in [3.05, 3.63) is 28.8 Å². The van der Waals surface area contributed by atoms with Gasteiger partial charge in [-0.2, -0.15) is 5.26 Å². The number of benzene rings is 1. The van der Waals surface area contributed by atoms with Crippen LogP contribution in [0, 0.1) is 11.3 Å². The van der Waals surface area contributed by atoms with E-state index in [0.717, 1.165) is 25.9 Å². The summed E-state index contributed by atoms with van der Waals surface area (Å²) in [7, 11) is 0. The molecule has 5 heteroatoms. The van der Waals surface area contributed by atoms with Crippen LogP contribution >= 0.6 is 11.6 Å². The molecule has 19 heavy (non-hydrogen) atoms. The third kappa shape index (κ3) is 3.25. The van der Waals surface area contributed by atoms with E-state index in [-0.39, 0.29) is 11.9 Å². The molecule has 1 aromatic rings. The summed E-state index contributed by atoms with van der Waals surface area (Å²) in [4.78, 5) is 14.3. The first kappa shape index (κ1) is 13.9. The van der Waals surface area contributed by atoms with Crippen LogP contribution in [0.4, 0.5) is 5.69 Å². The number of halogens is 1. The number of nitrogens with zero attached hydrogens (tertiary/aromatic N) is 2. The highest BCUT2D eigenvalue weighted by Crippen LogP contribution is 2.21. The Hall–Kier alpha value is -1.57. The van der Waals surface area contributed by atoms with Crippen LogP contribution in [0.3, 0.4) is 0 Å². The van der Waals surface area contributed by atoms with E-state index in [0.29, 0.717) is 16.3 Å². The highest BCUT2D eigenvalue weighted by molar-refractivity contribution is 6.32. The first-order chi connectivity index (χ1) is 9.11. The molecule has 1 heterocycles. The lowest BCUT2D eigenvalue weighted by molar-refractivity contribution is -0.120. The second-order valence-corrected chi connectivity index (χ2v) is 5.12. The Morgan fingerprint density at radius 2 is 2.16 bits per heavy atom. The molecule has 1 N–H and O–H groups in total. The van der Waals surface area contributed by atoms with Crippen molar-refractivity contribution in [2.24, 2.45) is 0 Å². The molecular formula is C14H16ClN3O. The lowest BCUT2D eigenvalue weighted by Crippen LogP contribution is -2.40. The maximum atomic E-state index is 12.1. The minimum Gasteiger partial charge on any atom is -0.325 e. The molecule has 1 saturated heterocycles. The molecule has 0 saturated carbocycles. The van der Waals surface area contributed by atoms with Gasteiger partial charge < -0.3 is 5.32 Å². The lowest BCUT2D eigenvalue weighted by Gasteiger charge is -2.22. The van der Waals surface area contributed by atoms with Crippen LogP contribution in [0.5, 0.6) is 0 Å². The van der Waals surface area contributed by atoms with Gasteiger partial charge in [-0.1, -0.05) is 11.6 Å². The van der Waals surface area contributed by atoms with Crippen LogP contribution in [0.15, 0.2) is 18.2 Å². The Labute approximate surface area is 118 Å². The number of nitriles is 1. The maximum absolute atomic E-state index is 12.1. The smallest absolute Gasteiger partial charge is 0.241 e. The van der Waals surface area contributed by atoms with Crippen LogP contribution in [-0.2, 0) is 4.79 Å². The number of carbonyl (C=O) groups is 1. The van der Waals surface area contributed by atoms with E-state index in [1.807, 2.05) is 13.0 Å². The number of carbonyl (C=O) groups excluding carboxylic acids is 1. The molecule has 0 aliphatic carbocycles. The number of amides is 1. The third-order valence-corrected chi connectivity index (χ3v) is 3.74. The van der Waals surface area contributed by atoms with Crippen molar-refractivity contribution in [2.45, 2.75) is 25.8 Å². The van der Waals surface area contributed by atoms with Crippen molar-refractivity contribution in [3.63, 3.8) is 0 Å². The van der Waals surface area contributed by atoms with E-state index in [1.54, 1.807) is 18.2 Å². The van der Waals surface area contributed by atoms with Gasteiger partial charge in [0, 0.05) is 5.69 Å². The van der Waals surface area contributed by atoms with Crippen molar-refractivity contribution >= 4 is 23.2 Å². The second-order valence-electron chi connectivity index (χ2n) is 4.71. The molecule has 1 aliphatic heterocycles. The Morgan fingerprint density at radius 3 is 2.74 bits per heavy atom. The molecular weight excluding hydrogens is 262 g/mol. The molecule has 100 valence electrons. The first-order valence-corrected chi connectivity index (χ1v) is 6.74. The molecule has 1 aliphatic rings. The Morgan fingerprint density at radius 1 is 1.47 bits per heavy atom. The van der Waals surface area contributed by atoms with Crippen LogP contribution in [0.2, 0.25) is 5.02 Å². The van der Waals surface area contributed by atoms with Crippen LogP contribution < -0.4 is 5.32 Å². The number of hydrogen-bond donors (Lipinski definition) is 1. The summed E-state index contributed by atoms with van der Waals surface area (Å²) in [6.45, 7) is 3.86. The summed E-state index contributed by atoms with van der Waals surface area (Å²) in [6.07, 6.45) is 2.31. The van der Waals surface area contributed by atoms with Crippen LogP contribution in [-0.4, -0.2) is 29.9 Å². The molecule has 1 amide bonds. The maximum Gasteiger partial charge on any atom is 0.241 e. The summed E-state index contributed by atoms with van der Waals surface area (Å²) in [5.41, 5.74) is 1.03. The SMILES string of the molecule is C[C@H](C(=O)Nc1ccc(C#N)c(Cl)c1)N1CCCC1. The van der Waals surface area contributed by atoms with E-state index < -0.39 is 0 Å². The number of nitrogens with one attached hydrogen (secondary N) is 1. The largest absolute Gasteiger partial charge is 0.325 e. The quantitative estimate of drug-likeness (QED) is 0.924. The zero-order valence-electron chi connectivity index (χ0n) is 10.8. The van der Waals surface area contributed by atoms with Crippen molar-refractivity contribution in [2.75, 3.05) is 18.4 Å². The molecule has 1 atom stereocenters. The molecule has 1 aromatic carbocycles. The van der Waals surface area contributed by atoms with Crippen LogP contribution in [0.25, 0.3) is 0 Å². The molecule has 2 rings (SSSR count). The van der Waals surface area contributed by atoms with Gasteiger partial charge in [0.1, 0.15) is 6.07 Å². The van der Waals surface area contributed by atoms with Gasteiger partial charge in [0.05, 0.1) is 16.6 Å². The Balaban J connectivity index is 2.02. The average Bonchev–Trinajstić information content (AvgIpc) is 2.92. The standard InChI is InChI=1S/C14H16ClN3O/c1-10(18-6-2-3-7-18)14(19)17-12-5-4-11(9-16)13(15)8-12/h4-5,8,10H,2-3,6-7H2,1H3,(H,17,19)/t10-/m1/s1. The highest BCUT2D eigenvalue weighted by atomic mass is 35.5. The van der Waals surface area contributed by atoms with Gasteiger partial charge in [-0.15, -0.1) is 0 Å². The van der Waals surface area contributed by atoms with Crippen molar-refractivity contribution in [1.29, 1.82) is 5.26 Å². The monoisotopic (exact) mass is 277 g/mol. The molecule has 0 spiro atoms. The van der Waals surface area contributed by atoms with Gasteiger partial charge in [0.2, 0.25) is 5.91 Å². The zero-order chi connectivity index (χ0) is 13.8. The van der Waals surface area contributed by atoms with Crippen molar-refractivity contribution < 1.29 is 4.79 Å². The minimum atomic E-state index is -0.142. The van der Waals surface area contributed by atoms with E-state index >= 15 is 0 Å². The summed E-state index contributed by atoms with van der Waals surface area (Å²) >= 11 is 5.94. The molecule has 0 bridgehead atoms. The topological polar surface area (TPSA) is 56.1 Å². The molecule has 0 radical (unpaired) electrons. The van der Waals surface area contributed by atoms with Gasteiger partial charge in [0.15, 0.2) is 0 Å². The van der Waals surface area contributed by atoms with Gasteiger partial charge in [-0.3, -0.25) is 9.69 Å². The predicted octanol–water partition coefficient (Wildman–Crippen LogP) is 2.63. The fraction of sp³-hybridized carbons (Fsp3) is 0.429. The normalized spacial score (nSPS) is 16.9. The van der Waals surface area contributed by atoms with Crippen molar-refractivity contribution in [3.8, 4) is 6.07 Å². The molecule has 0 unspecified atom stereocenters. The highest BCUT2D eigenvalue weighted by Gasteiger charge is 2.23. The molecule has 1 fully saturated rings. The summed E-state index contributed by atoms with van der Waals surface area (Å²) in [5, 5.41) is 12.0. The average molecular weight is 278 g/mol. The zero-order valence-corrected chi connectivity index (χ0v) is 11.6. The lowest BCUT2D eigenvalue weighted by atomic mass is 10.2. The Bertz CT molecular complexity index is 518. The first-order valence-electron chi connectivity index (χ1n) is 6.36. The van der Waals surface area contributed by atoms with E-state index in [4.69, 9.17) is 16.9 Å². The minimum absolute atomic E-state index is 0.0392. The Kier molecular flexibility index (Phi) is 4.41. The number of likely N-dealkylation sites (tertiary alicyclic amines) is 1. The van der Waals surface area contributed by atoms with Gasteiger partial charge in [-0.05, 0) is 51.1 Å². The third-order valence-electron chi connectivity index (χ3n) is 3.42. The molecule has 4 nitrogen and oxygen atoms in total. The van der Waals surface area contributed by atoms with E-state index in [2.05, 4.69) is 10.2 Å². The van der Waals surface area contributed by atoms with E-state index in [1.165, 1.54) is 0 Å². The number of rotatable bonds is 3. The fourth-order valence-electron chi connectivity index (χ4n) is 2.22. The van der Waals surface area contributed by atoms with Gasteiger partial charge >= 0.3 is 0 Å². The van der Waals surface area contributed by atoms with E-state index in [9.17, 15) is 4.79 Å². The second kappa shape index (κ2) is 6.05. The van der Waals surface area contributed by atoms with Gasteiger partial charge in [-0.25, -0.2) is 0 Å². The summed E-state index contributed by atoms with van der Waals surface area (Å²) in [5.74, 6) is -0.0392. The number of hydrogen-bond acceptors (Lipinski definition) is 3. The van der Waals surface area contributed by atoms with Crippen molar-refractivity contribution in [1.82, 2.24) is 4.90 Å². The number of anilines is 1. The summed E-state index contributed by atoms with van der Waals surface area (Å²) in [6, 6.07) is 6.76. The molecule has 0 aromatic heterocycles. The van der Waals surface area contributed by atoms with Gasteiger partial charge in [0.25, 0.3) is 0 Å². The summed E-state index contributed by atoms with van der Waals surface area (Å²) < 4.78 is 0. The fourth-order valence-corrected chi connectivity index (χ4v) is 2.45. The van der Waals surface area contributed by atoms with Crippen LogP contribution in [0.1, 0.15) is 25.3 Å².